The van der Waals surface area contributed by atoms with Crippen molar-refractivity contribution >= 4 is 29.1 Å². The van der Waals surface area contributed by atoms with Crippen LogP contribution in [0.25, 0.3) is 0 Å². The van der Waals surface area contributed by atoms with Gasteiger partial charge in [-0.3, -0.25) is 4.79 Å². The summed E-state index contributed by atoms with van der Waals surface area (Å²) in [6.07, 6.45) is 2.87. The summed E-state index contributed by atoms with van der Waals surface area (Å²) in [7, 11) is 0. The topological polar surface area (TPSA) is 29.1 Å². The Morgan fingerprint density at radius 1 is 1.25 bits per heavy atom. The van der Waals surface area contributed by atoms with E-state index in [1.54, 1.807) is 11.8 Å². The van der Waals surface area contributed by atoms with Crippen molar-refractivity contribution in [1.29, 1.82) is 0 Å². The van der Waals surface area contributed by atoms with E-state index < -0.39 is 0 Å². The minimum atomic E-state index is -0.253. The molecule has 1 aliphatic heterocycles. The Morgan fingerprint density at radius 2 is 2.04 bits per heavy atom. The monoisotopic (exact) mass is 359 g/mol. The lowest BCUT2D eigenvalue weighted by atomic mass is 9.76. The predicted octanol–water partition coefficient (Wildman–Crippen LogP) is 5.45. The highest BCUT2D eigenvalue weighted by molar-refractivity contribution is 7.99. The minimum absolute atomic E-state index is 0.251. The van der Waals surface area contributed by atoms with Gasteiger partial charge >= 0.3 is 0 Å². The molecule has 2 aromatic rings. The quantitative estimate of drug-likeness (QED) is 0.695. The number of Topliss-reactive ketones (excluding diaryl/α,β-unsaturated/α-hetero) is 1. The molecule has 1 fully saturated rings. The van der Waals surface area contributed by atoms with Crippen molar-refractivity contribution < 1.29 is 4.79 Å². The van der Waals surface area contributed by atoms with Crippen molar-refractivity contribution in [2.45, 2.75) is 36.0 Å². The fourth-order valence-corrected chi connectivity index (χ4v) is 4.52. The molecule has 1 aliphatic rings. The third-order valence-electron chi connectivity index (χ3n) is 4.62. The van der Waals surface area contributed by atoms with Crippen LogP contribution < -0.4 is 5.32 Å². The molecular formula is C20H22ClNOS. The average Bonchev–Trinajstić information content (AvgIpc) is 3.07. The van der Waals surface area contributed by atoms with Gasteiger partial charge in [-0.05, 0) is 49.7 Å². The zero-order valence-electron chi connectivity index (χ0n) is 13.8. The first-order valence-electron chi connectivity index (χ1n) is 8.42. The molecule has 0 bridgehead atoms. The molecule has 0 aromatic heterocycles. The van der Waals surface area contributed by atoms with Gasteiger partial charge in [-0.1, -0.05) is 54.9 Å². The fraction of sp³-hybridized carbons (Fsp3) is 0.350. The van der Waals surface area contributed by atoms with Gasteiger partial charge in [-0.15, -0.1) is 0 Å². The molecule has 4 heteroatoms. The molecule has 1 N–H and O–H groups in total. The average molecular weight is 360 g/mol. The Labute approximate surface area is 153 Å². The van der Waals surface area contributed by atoms with Crippen LogP contribution in [0, 0.1) is 5.41 Å². The summed E-state index contributed by atoms with van der Waals surface area (Å²) >= 11 is 7.96. The lowest BCUT2D eigenvalue weighted by Gasteiger charge is -2.26. The van der Waals surface area contributed by atoms with Crippen LogP contribution in [0.4, 0.5) is 0 Å². The van der Waals surface area contributed by atoms with E-state index >= 15 is 0 Å². The van der Waals surface area contributed by atoms with Crippen molar-refractivity contribution in [2.24, 2.45) is 5.41 Å². The summed E-state index contributed by atoms with van der Waals surface area (Å²) in [5.41, 5.74) is 0.520. The molecule has 0 spiro atoms. The standard InChI is InChI=1S/C20H22ClNOS/c1-2-10-20(11-12-22-14-20)19(23)15-8-9-17(21)18(13-15)24-16-6-4-3-5-7-16/h3-9,13,22H,2,10-12,14H2,1H3. The number of rotatable bonds is 6. The van der Waals surface area contributed by atoms with Crippen molar-refractivity contribution in [1.82, 2.24) is 5.32 Å². The Kier molecular flexibility index (Phi) is 5.65. The molecule has 0 saturated carbocycles. The third-order valence-corrected chi connectivity index (χ3v) is 6.13. The molecule has 1 heterocycles. The van der Waals surface area contributed by atoms with E-state index in [1.807, 2.05) is 36.4 Å². The summed E-state index contributed by atoms with van der Waals surface area (Å²) < 4.78 is 0. The second-order valence-electron chi connectivity index (χ2n) is 6.35. The molecule has 24 heavy (non-hydrogen) atoms. The van der Waals surface area contributed by atoms with E-state index in [0.717, 1.165) is 47.7 Å². The first kappa shape index (κ1) is 17.5. The van der Waals surface area contributed by atoms with E-state index in [2.05, 4.69) is 24.4 Å². The molecule has 0 aliphatic carbocycles. The number of ketones is 1. The molecule has 126 valence electrons. The zero-order chi connectivity index (χ0) is 17.0. The van der Waals surface area contributed by atoms with Gasteiger partial charge in [0.15, 0.2) is 5.78 Å². The van der Waals surface area contributed by atoms with Crippen LogP contribution >= 0.6 is 23.4 Å². The van der Waals surface area contributed by atoms with E-state index in [-0.39, 0.29) is 11.2 Å². The Balaban J connectivity index is 1.88. The van der Waals surface area contributed by atoms with Gasteiger partial charge in [0.25, 0.3) is 0 Å². The maximum atomic E-state index is 13.2. The summed E-state index contributed by atoms with van der Waals surface area (Å²) in [5.74, 6) is 0.251. The fourth-order valence-electron chi connectivity index (χ4n) is 3.39. The molecule has 2 aromatic carbocycles. The molecule has 0 radical (unpaired) electrons. The van der Waals surface area contributed by atoms with Gasteiger partial charge in [0.05, 0.1) is 5.02 Å². The summed E-state index contributed by atoms with van der Waals surface area (Å²) in [5, 5.41) is 4.05. The van der Waals surface area contributed by atoms with Gasteiger partial charge in [-0.25, -0.2) is 0 Å². The van der Waals surface area contributed by atoms with Crippen molar-refractivity contribution in [3.05, 3.63) is 59.1 Å². The predicted molar refractivity (Wildman–Crippen MR) is 101 cm³/mol. The van der Waals surface area contributed by atoms with Gasteiger partial charge in [0, 0.05) is 27.3 Å². The number of benzene rings is 2. The van der Waals surface area contributed by atoms with Crippen molar-refractivity contribution in [2.75, 3.05) is 13.1 Å². The van der Waals surface area contributed by atoms with Crippen molar-refractivity contribution in [3.8, 4) is 0 Å². The first-order chi connectivity index (χ1) is 11.6. The number of halogens is 1. The highest BCUT2D eigenvalue weighted by Gasteiger charge is 2.40. The van der Waals surface area contributed by atoms with E-state index in [9.17, 15) is 4.79 Å². The van der Waals surface area contributed by atoms with E-state index in [4.69, 9.17) is 11.6 Å². The second-order valence-corrected chi connectivity index (χ2v) is 7.87. The summed E-state index contributed by atoms with van der Waals surface area (Å²) in [4.78, 5) is 15.2. The van der Waals surface area contributed by atoms with E-state index in [0.29, 0.717) is 5.02 Å². The molecule has 3 rings (SSSR count). The molecule has 1 unspecified atom stereocenters. The van der Waals surface area contributed by atoms with Crippen molar-refractivity contribution in [3.63, 3.8) is 0 Å². The van der Waals surface area contributed by atoms with Crippen LogP contribution in [0.2, 0.25) is 5.02 Å². The molecule has 0 amide bonds. The lowest BCUT2D eigenvalue weighted by Crippen LogP contribution is -2.33. The number of hydrogen-bond donors (Lipinski definition) is 1. The van der Waals surface area contributed by atoms with E-state index in [1.165, 1.54) is 0 Å². The Hall–Kier alpha value is -1.29. The number of carbonyl (C=O) groups is 1. The molecular weight excluding hydrogens is 338 g/mol. The summed E-state index contributed by atoms with van der Waals surface area (Å²) in [6, 6.07) is 15.8. The number of hydrogen-bond acceptors (Lipinski definition) is 3. The summed E-state index contributed by atoms with van der Waals surface area (Å²) in [6.45, 7) is 3.85. The van der Waals surface area contributed by atoms with Crippen LogP contribution in [0.5, 0.6) is 0 Å². The minimum Gasteiger partial charge on any atom is -0.316 e. The normalized spacial score (nSPS) is 20.2. The smallest absolute Gasteiger partial charge is 0.170 e. The van der Waals surface area contributed by atoms with Crippen LogP contribution in [-0.4, -0.2) is 18.9 Å². The Bertz CT molecular complexity index is 711. The highest BCUT2D eigenvalue weighted by atomic mass is 35.5. The van der Waals surface area contributed by atoms with Crippen LogP contribution in [0.1, 0.15) is 36.5 Å². The lowest BCUT2D eigenvalue weighted by molar-refractivity contribution is 0.0801. The zero-order valence-corrected chi connectivity index (χ0v) is 15.4. The number of nitrogens with one attached hydrogen (secondary N) is 1. The Morgan fingerprint density at radius 3 is 2.71 bits per heavy atom. The van der Waals surface area contributed by atoms with Crippen LogP contribution in [-0.2, 0) is 0 Å². The maximum absolute atomic E-state index is 13.2. The van der Waals surface area contributed by atoms with Gasteiger partial charge < -0.3 is 5.32 Å². The molecule has 2 nitrogen and oxygen atoms in total. The second kappa shape index (κ2) is 7.73. The highest BCUT2D eigenvalue weighted by Crippen LogP contribution is 2.38. The van der Waals surface area contributed by atoms with Gasteiger partial charge in [0.2, 0.25) is 0 Å². The molecule has 1 saturated heterocycles. The van der Waals surface area contributed by atoms with Crippen LogP contribution in [0.3, 0.4) is 0 Å². The van der Waals surface area contributed by atoms with Gasteiger partial charge in [0.1, 0.15) is 0 Å². The van der Waals surface area contributed by atoms with Crippen LogP contribution in [0.15, 0.2) is 58.3 Å². The first-order valence-corrected chi connectivity index (χ1v) is 9.62. The molecule has 1 atom stereocenters. The SMILES string of the molecule is CCCC1(C(=O)c2ccc(Cl)c(Sc3ccccc3)c2)CCNC1. The van der Waals surface area contributed by atoms with Gasteiger partial charge in [-0.2, -0.15) is 0 Å². The largest absolute Gasteiger partial charge is 0.316 e. The number of carbonyl (C=O) groups excluding carboxylic acids is 1. The maximum Gasteiger partial charge on any atom is 0.170 e. The third kappa shape index (κ3) is 3.69.